The molecule has 3 heteroatoms. The van der Waals surface area contributed by atoms with E-state index in [2.05, 4.69) is 41.2 Å². The van der Waals surface area contributed by atoms with E-state index in [1.807, 2.05) is 0 Å². The highest BCUT2D eigenvalue weighted by atomic mass is 16.3. The minimum atomic E-state index is -1.05. The van der Waals surface area contributed by atoms with Gasteiger partial charge in [-0.25, -0.2) is 0 Å². The van der Waals surface area contributed by atoms with Crippen molar-refractivity contribution in [3.63, 3.8) is 0 Å². The molecule has 190 valence electrons. The van der Waals surface area contributed by atoms with Crippen molar-refractivity contribution in [3.8, 4) is 0 Å². The summed E-state index contributed by atoms with van der Waals surface area (Å²) in [5.74, 6) is 2.59. The number of hydrogen-bond donors (Lipinski definition) is 3. The van der Waals surface area contributed by atoms with Gasteiger partial charge in [0.05, 0.1) is 17.8 Å². The van der Waals surface area contributed by atoms with Gasteiger partial charge in [0.25, 0.3) is 0 Å². The van der Waals surface area contributed by atoms with Gasteiger partial charge in [-0.2, -0.15) is 0 Å². The molecule has 0 radical (unpaired) electrons. The quantitative estimate of drug-likeness (QED) is 0.410. The molecule has 4 saturated carbocycles. The van der Waals surface area contributed by atoms with E-state index in [0.29, 0.717) is 40.4 Å². The molecule has 0 spiro atoms. The minimum absolute atomic E-state index is 0.0138. The fourth-order valence-corrected chi connectivity index (χ4v) is 10.1. The third kappa shape index (κ3) is 3.70. The molecule has 4 aliphatic carbocycles. The van der Waals surface area contributed by atoms with Gasteiger partial charge < -0.3 is 15.3 Å². The summed E-state index contributed by atoms with van der Waals surface area (Å²) in [5.41, 5.74) is 1.28. The topological polar surface area (TPSA) is 60.7 Å². The third-order valence-electron chi connectivity index (χ3n) is 12.5. The van der Waals surface area contributed by atoms with Crippen LogP contribution >= 0.6 is 0 Å². The van der Waals surface area contributed by atoms with Gasteiger partial charge in [-0.1, -0.05) is 46.8 Å². The Kier molecular flexibility index (Phi) is 6.28. The van der Waals surface area contributed by atoms with Gasteiger partial charge >= 0.3 is 0 Å². The summed E-state index contributed by atoms with van der Waals surface area (Å²) in [4.78, 5) is 0. The highest BCUT2D eigenvalue weighted by molar-refractivity contribution is 5.20. The Bertz CT molecular complexity index is 765. The fourth-order valence-electron chi connectivity index (χ4n) is 10.1. The van der Waals surface area contributed by atoms with E-state index in [-0.39, 0.29) is 11.5 Å². The van der Waals surface area contributed by atoms with Gasteiger partial charge in [0.2, 0.25) is 0 Å². The molecule has 0 amide bonds. The van der Waals surface area contributed by atoms with Crippen LogP contribution in [0.2, 0.25) is 0 Å². The number of allylic oxidation sites excluding steroid dienone is 1. The lowest BCUT2D eigenvalue weighted by Crippen LogP contribution is -2.63. The molecule has 0 aromatic rings. The van der Waals surface area contributed by atoms with Crippen molar-refractivity contribution < 1.29 is 15.3 Å². The fraction of sp³-hybridized carbons (Fsp3) is 0.933. The second kappa shape index (κ2) is 8.07. The predicted octanol–water partition coefficient (Wildman–Crippen LogP) is 6.50. The first-order valence-electron chi connectivity index (χ1n) is 13.8. The molecular weight excluding hydrogens is 408 g/mol. The van der Waals surface area contributed by atoms with E-state index in [1.165, 1.54) is 50.5 Å². The largest absolute Gasteiger partial charge is 0.393 e. The van der Waals surface area contributed by atoms with Crippen LogP contribution in [0, 0.1) is 45.3 Å². The van der Waals surface area contributed by atoms with Gasteiger partial charge in [-0.15, -0.1) is 0 Å². The Morgan fingerprint density at radius 3 is 2.18 bits per heavy atom. The standard InChI is InChI=1S/C30H52O3/c1-19(9-12-25(32)27(4,5)33)20-13-17-29(7)21(20)10-11-23-28(6)16-15-24(31)26(2,3)22(28)14-18-30(23,29)8/h20-25,31-33H,1,9-18H2,2-8H3/t20-,21+,22-,23-,24+,25+,28+,29+,30-/m1/s1. The SMILES string of the molecule is C=C(CC[C@H](O)C(C)(C)O)[C@H]1CC[C@@]2(C)[C@H]1CC[C@@H]1[C@@]3(C)CC[C@H](O)C(C)(C)[C@H]3CC[C@]12C. The summed E-state index contributed by atoms with van der Waals surface area (Å²) in [6.07, 6.45) is 10.3. The smallest absolute Gasteiger partial charge is 0.0849 e. The molecule has 0 unspecified atom stereocenters. The summed E-state index contributed by atoms with van der Waals surface area (Å²) >= 11 is 0. The Labute approximate surface area is 203 Å². The Morgan fingerprint density at radius 2 is 1.55 bits per heavy atom. The van der Waals surface area contributed by atoms with Crippen molar-refractivity contribution in [1.29, 1.82) is 0 Å². The van der Waals surface area contributed by atoms with E-state index in [1.54, 1.807) is 13.8 Å². The Hall–Kier alpha value is -0.380. The lowest BCUT2D eigenvalue weighted by atomic mass is 9.35. The second-order valence-corrected chi connectivity index (χ2v) is 14.6. The van der Waals surface area contributed by atoms with Crippen LogP contribution in [0.15, 0.2) is 12.2 Å². The van der Waals surface area contributed by atoms with E-state index in [4.69, 9.17) is 0 Å². The molecule has 4 fully saturated rings. The monoisotopic (exact) mass is 460 g/mol. The van der Waals surface area contributed by atoms with Crippen molar-refractivity contribution in [1.82, 2.24) is 0 Å². The first-order valence-corrected chi connectivity index (χ1v) is 13.8. The molecule has 0 saturated heterocycles. The van der Waals surface area contributed by atoms with Crippen LogP contribution in [0.4, 0.5) is 0 Å². The van der Waals surface area contributed by atoms with Crippen molar-refractivity contribution in [2.24, 2.45) is 45.3 Å². The lowest BCUT2D eigenvalue weighted by molar-refractivity contribution is -0.220. The van der Waals surface area contributed by atoms with Crippen molar-refractivity contribution >= 4 is 0 Å². The first kappa shape index (κ1) is 25.7. The highest BCUT2D eigenvalue weighted by Gasteiger charge is 2.68. The number of hydrogen-bond acceptors (Lipinski definition) is 3. The summed E-state index contributed by atoms with van der Waals surface area (Å²) < 4.78 is 0. The predicted molar refractivity (Wildman–Crippen MR) is 136 cm³/mol. The maximum atomic E-state index is 10.8. The first-order chi connectivity index (χ1) is 15.1. The molecule has 3 nitrogen and oxygen atoms in total. The molecule has 4 aliphatic rings. The average molecular weight is 461 g/mol. The molecule has 0 aromatic heterocycles. The molecule has 0 bridgehead atoms. The number of rotatable bonds is 5. The van der Waals surface area contributed by atoms with Gasteiger partial charge in [-0.3, -0.25) is 0 Å². The Morgan fingerprint density at radius 1 is 0.909 bits per heavy atom. The van der Waals surface area contributed by atoms with Crippen LogP contribution in [-0.2, 0) is 0 Å². The molecule has 0 heterocycles. The van der Waals surface area contributed by atoms with E-state index < -0.39 is 11.7 Å². The maximum Gasteiger partial charge on any atom is 0.0849 e. The minimum Gasteiger partial charge on any atom is -0.393 e. The zero-order valence-corrected chi connectivity index (χ0v) is 22.6. The Balaban J connectivity index is 1.55. The zero-order valence-electron chi connectivity index (χ0n) is 22.6. The molecule has 0 aliphatic heterocycles. The average Bonchev–Trinajstić information content (AvgIpc) is 3.07. The van der Waals surface area contributed by atoms with Crippen molar-refractivity contribution in [3.05, 3.63) is 12.2 Å². The number of aliphatic hydroxyl groups excluding tert-OH is 2. The van der Waals surface area contributed by atoms with E-state index in [0.717, 1.165) is 18.8 Å². The molecule has 9 atom stereocenters. The second-order valence-electron chi connectivity index (χ2n) is 14.6. The summed E-state index contributed by atoms with van der Waals surface area (Å²) in [6, 6.07) is 0. The number of aliphatic hydroxyl groups is 3. The van der Waals surface area contributed by atoms with Crippen LogP contribution in [0.25, 0.3) is 0 Å². The van der Waals surface area contributed by atoms with Crippen LogP contribution in [0.1, 0.15) is 113 Å². The van der Waals surface area contributed by atoms with Crippen LogP contribution in [-0.4, -0.2) is 33.1 Å². The summed E-state index contributed by atoms with van der Waals surface area (Å²) in [7, 11) is 0. The van der Waals surface area contributed by atoms with E-state index >= 15 is 0 Å². The molecule has 4 rings (SSSR count). The lowest BCUT2D eigenvalue weighted by Gasteiger charge is -2.69. The third-order valence-corrected chi connectivity index (χ3v) is 12.5. The summed E-state index contributed by atoms with van der Waals surface area (Å²) in [6.45, 7) is 20.4. The van der Waals surface area contributed by atoms with Crippen molar-refractivity contribution in [2.75, 3.05) is 0 Å². The van der Waals surface area contributed by atoms with E-state index in [9.17, 15) is 15.3 Å². The van der Waals surface area contributed by atoms with Gasteiger partial charge in [0, 0.05) is 0 Å². The zero-order chi connectivity index (χ0) is 24.6. The number of fused-ring (bicyclic) bond motifs is 5. The van der Waals surface area contributed by atoms with Gasteiger partial charge in [-0.05, 0) is 123 Å². The van der Waals surface area contributed by atoms with Gasteiger partial charge in [0.1, 0.15) is 0 Å². The van der Waals surface area contributed by atoms with Crippen LogP contribution in [0.3, 0.4) is 0 Å². The maximum absolute atomic E-state index is 10.8. The molecule has 33 heavy (non-hydrogen) atoms. The summed E-state index contributed by atoms with van der Waals surface area (Å²) in [5, 5.41) is 31.3. The molecule has 0 aromatic carbocycles. The van der Waals surface area contributed by atoms with Crippen LogP contribution < -0.4 is 0 Å². The highest BCUT2D eigenvalue weighted by Crippen LogP contribution is 2.75. The van der Waals surface area contributed by atoms with Crippen molar-refractivity contribution in [2.45, 2.75) is 130 Å². The normalized spacial score (nSPS) is 47.9. The van der Waals surface area contributed by atoms with Gasteiger partial charge in [0.15, 0.2) is 0 Å². The molecular formula is C30H52O3. The van der Waals surface area contributed by atoms with Crippen LogP contribution in [0.5, 0.6) is 0 Å². The molecule has 3 N–H and O–H groups in total.